The molecule has 0 aromatic heterocycles. The highest BCUT2D eigenvalue weighted by Crippen LogP contribution is 2.40. The van der Waals surface area contributed by atoms with Crippen LogP contribution in [0.1, 0.15) is 5.56 Å². The molecule has 12 nitrogen and oxygen atoms in total. The zero-order valence-electron chi connectivity index (χ0n) is 17.2. The highest BCUT2D eigenvalue weighted by molar-refractivity contribution is 6.37. The Balaban J connectivity index is 1.71. The SMILES string of the molecule is Cc1c(Cl)c(O)cc(OC2OC(COC3OC(CO)C(O)C(O)C3O)C(O)C(O)C2O)c1Cl. The predicted molar refractivity (Wildman–Crippen MR) is 110 cm³/mol. The molecule has 0 spiro atoms. The predicted octanol–water partition coefficient (Wildman–Crippen LogP) is -1.99. The van der Waals surface area contributed by atoms with Crippen molar-refractivity contribution in [3.63, 3.8) is 0 Å². The Bertz CT molecular complexity index is 826. The van der Waals surface area contributed by atoms with E-state index in [2.05, 4.69) is 0 Å². The summed E-state index contributed by atoms with van der Waals surface area (Å²) in [5.74, 6) is -0.459. The zero-order valence-corrected chi connectivity index (χ0v) is 18.7. The van der Waals surface area contributed by atoms with Crippen LogP contribution in [0.3, 0.4) is 0 Å². The van der Waals surface area contributed by atoms with Crippen molar-refractivity contribution in [1.29, 1.82) is 0 Å². The number of phenols is 1. The average Bonchev–Trinajstić information content (AvgIpc) is 2.80. The molecule has 2 aliphatic heterocycles. The van der Waals surface area contributed by atoms with E-state index in [0.29, 0.717) is 5.56 Å². The monoisotopic (exact) mass is 516 g/mol. The van der Waals surface area contributed by atoms with E-state index in [9.17, 15) is 40.9 Å². The summed E-state index contributed by atoms with van der Waals surface area (Å²) in [7, 11) is 0. The van der Waals surface area contributed by atoms with E-state index in [1.54, 1.807) is 0 Å². The van der Waals surface area contributed by atoms with Crippen LogP contribution in [0.4, 0.5) is 0 Å². The van der Waals surface area contributed by atoms with Crippen molar-refractivity contribution in [1.82, 2.24) is 0 Å². The van der Waals surface area contributed by atoms with Gasteiger partial charge in [-0.05, 0) is 12.5 Å². The molecule has 8 N–H and O–H groups in total. The number of aliphatic hydroxyl groups is 7. The lowest BCUT2D eigenvalue weighted by Crippen LogP contribution is -2.62. The Morgan fingerprint density at radius 2 is 1.36 bits per heavy atom. The minimum Gasteiger partial charge on any atom is -0.506 e. The van der Waals surface area contributed by atoms with Crippen molar-refractivity contribution >= 4 is 23.2 Å². The van der Waals surface area contributed by atoms with Gasteiger partial charge in [0.15, 0.2) is 6.29 Å². The smallest absolute Gasteiger partial charge is 0.229 e. The van der Waals surface area contributed by atoms with Crippen LogP contribution in [0.5, 0.6) is 11.5 Å². The number of ether oxygens (including phenoxy) is 4. The van der Waals surface area contributed by atoms with Crippen LogP contribution >= 0.6 is 23.2 Å². The molecule has 3 rings (SSSR count). The third-order valence-corrected chi connectivity index (χ3v) is 6.50. The summed E-state index contributed by atoms with van der Waals surface area (Å²) in [5.41, 5.74) is 0.293. The van der Waals surface area contributed by atoms with Crippen molar-refractivity contribution in [2.75, 3.05) is 13.2 Å². The number of hydrogen-bond acceptors (Lipinski definition) is 12. The molecule has 2 fully saturated rings. The first kappa shape index (κ1) is 26.6. The molecule has 1 aromatic carbocycles. The summed E-state index contributed by atoms with van der Waals surface area (Å²) >= 11 is 12.1. The second-order valence-corrected chi connectivity index (χ2v) is 8.57. The van der Waals surface area contributed by atoms with E-state index in [1.165, 1.54) is 6.92 Å². The van der Waals surface area contributed by atoms with Gasteiger partial charge in [-0.15, -0.1) is 0 Å². The number of phenolic OH excluding ortho intramolecular Hbond substituents is 1. The van der Waals surface area contributed by atoms with Gasteiger partial charge in [-0.25, -0.2) is 0 Å². The van der Waals surface area contributed by atoms with E-state index in [-0.39, 0.29) is 21.5 Å². The highest BCUT2D eigenvalue weighted by atomic mass is 35.5. The molecule has 0 saturated carbocycles. The maximum atomic E-state index is 10.3. The molecular weight excluding hydrogens is 491 g/mol. The number of halogens is 2. The van der Waals surface area contributed by atoms with Crippen LogP contribution in [-0.2, 0) is 14.2 Å². The number of hydrogen-bond donors (Lipinski definition) is 8. The average molecular weight is 517 g/mol. The molecule has 2 heterocycles. The molecule has 14 heteroatoms. The van der Waals surface area contributed by atoms with E-state index in [0.717, 1.165) is 6.07 Å². The van der Waals surface area contributed by atoms with E-state index < -0.39 is 74.6 Å². The molecule has 10 unspecified atom stereocenters. The van der Waals surface area contributed by atoms with Gasteiger partial charge < -0.3 is 59.8 Å². The van der Waals surface area contributed by atoms with Crippen molar-refractivity contribution in [3.05, 3.63) is 21.7 Å². The topological polar surface area (TPSA) is 199 Å². The second-order valence-electron chi connectivity index (χ2n) is 7.81. The van der Waals surface area contributed by atoms with Crippen molar-refractivity contribution in [3.8, 4) is 11.5 Å². The lowest BCUT2D eigenvalue weighted by atomic mass is 9.98. The van der Waals surface area contributed by atoms with Gasteiger partial charge in [-0.3, -0.25) is 0 Å². The molecule has 10 atom stereocenters. The lowest BCUT2D eigenvalue weighted by Gasteiger charge is -2.42. The van der Waals surface area contributed by atoms with Gasteiger partial charge in [-0.1, -0.05) is 23.2 Å². The Kier molecular flexibility index (Phi) is 8.65. The normalized spacial score (nSPS) is 39.5. The molecule has 2 aliphatic rings. The molecule has 0 bridgehead atoms. The van der Waals surface area contributed by atoms with Crippen LogP contribution in [0, 0.1) is 6.92 Å². The van der Waals surface area contributed by atoms with Crippen LogP contribution in [-0.4, -0.2) is 115 Å². The van der Waals surface area contributed by atoms with Gasteiger partial charge in [0.05, 0.1) is 23.3 Å². The van der Waals surface area contributed by atoms with E-state index in [4.69, 9.17) is 42.1 Å². The van der Waals surface area contributed by atoms with Crippen LogP contribution < -0.4 is 4.74 Å². The van der Waals surface area contributed by atoms with Crippen LogP contribution in [0.25, 0.3) is 0 Å². The highest BCUT2D eigenvalue weighted by Gasteiger charge is 2.48. The lowest BCUT2D eigenvalue weighted by molar-refractivity contribution is -0.323. The van der Waals surface area contributed by atoms with Gasteiger partial charge in [0, 0.05) is 6.07 Å². The number of aliphatic hydroxyl groups excluding tert-OH is 7. The second kappa shape index (κ2) is 10.7. The molecule has 1 aromatic rings. The van der Waals surface area contributed by atoms with Crippen molar-refractivity contribution < 1.29 is 59.8 Å². The number of benzene rings is 1. The fourth-order valence-electron chi connectivity index (χ4n) is 3.48. The fraction of sp³-hybridized carbons (Fsp3) is 0.684. The van der Waals surface area contributed by atoms with Crippen molar-refractivity contribution in [2.24, 2.45) is 0 Å². The third-order valence-electron chi connectivity index (χ3n) is 5.55. The number of rotatable bonds is 6. The molecule has 2 saturated heterocycles. The van der Waals surface area contributed by atoms with Gasteiger partial charge in [0.2, 0.25) is 6.29 Å². The standard InChI is InChI=1S/C19H26Cl2O12/c1-5-10(20)6(23)2-7(11(5)21)31-19-17(29)15(27)13(25)9(33-19)4-30-18-16(28)14(26)12(24)8(3-22)32-18/h2,8-9,12-19,22-29H,3-4H2,1H3. The van der Waals surface area contributed by atoms with Gasteiger partial charge >= 0.3 is 0 Å². The Morgan fingerprint density at radius 1 is 0.818 bits per heavy atom. The molecule has 0 radical (unpaired) electrons. The molecular formula is C19H26Cl2O12. The van der Waals surface area contributed by atoms with Gasteiger partial charge in [0.25, 0.3) is 0 Å². The Hall–Kier alpha value is -1.00. The third kappa shape index (κ3) is 5.32. The summed E-state index contributed by atoms with van der Waals surface area (Å²) in [5, 5.41) is 79.7. The first-order chi connectivity index (χ1) is 15.5. The largest absolute Gasteiger partial charge is 0.506 e. The Labute approximate surface area is 198 Å². The molecule has 33 heavy (non-hydrogen) atoms. The van der Waals surface area contributed by atoms with Crippen LogP contribution in [0.2, 0.25) is 10.0 Å². The fourth-order valence-corrected chi connectivity index (χ4v) is 3.87. The number of aromatic hydroxyl groups is 1. The maximum absolute atomic E-state index is 10.3. The summed E-state index contributed by atoms with van der Waals surface area (Å²) in [6.45, 7) is 0.333. The molecule has 188 valence electrons. The first-order valence-corrected chi connectivity index (χ1v) is 10.7. The van der Waals surface area contributed by atoms with E-state index >= 15 is 0 Å². The zero-order chi connectivity index (χ0) is 24.6. The summed E-state index contributed by atoms with van der Waals surface area (Å²) in [6.07, 6.45) is -15.7. The summed E-state index contributed by atoms with van der Waals surface area (Å²) in [6, 6.07) is 1.09. The van der Waals surface area contributed by atoms with Gasteiger partial charge in [0.1, 0.15) is 60.3 Å². The minimum atomic E-state index is -1.74. The summed E-state index contributed by atoms with van der Waals surface area (Å²) in [4.78, 5) is 0. The molecule has 0 aliphatic carbocycles. The summed E-state index contributed by atoms with van der Waals surface area (Å²) < 4.78 is 21.6. The minimum absolute atomic E-state index is 0.00118. The first-order valence-electron chi connectivity index (χ1n) is 9.93. The molecule has 0 amide bonds. The van der Waals surface area contributed by atoms with Crippen molar-refractivity contribution in [2.45, 2.75) is 68.3 Å². The quantitative estimate of drug-likeness (QED) is 0.207. The maximum Gasteiger partial charge on any atom is 0.229 e. The van der Waals surface area contributed by atoms with Gasteiger partial charge in [-0.2, -0.15) is 0 Å². The van der Waals surface area contributed by atoms with E-state index in [1.807, 2.05) is 0 Å². The van der Waals surface area contributed by atoms with Crippen LogP contribution in [0.15, 0.2) is 6.07 Å². The Morgan fingerprint density at radius 3 is 1.97 bits per heavy atom.